The molecular weight excluding hydrogens is 232 g/mol. The Balaban J connectivity index is 1.78. The summed E-state index contributed by atoms with van der Waals surface area (Å²) in [6.45, 7) is 3.39. The summed E-state index contributed by atoms with van der Waals surface area (Å²) in [6.07, 6.45) is 4.69. The molecule has 5 nitrogen and oxygen atoms in total. The van der Waals surface area contributed by atoms with Crippen molar-refractivity contribution in [1.82, 2.24) is 10.2 Å². The van der Waals surface area contributed by atoms with E-state index in [1.54, 1.807) is 0 Å². The largest absolute Gasteiger partial charge is 0.394 e. The minimum absolute atomic E-state index is 0.0213. The molecule has 18 heavy (non-hydrogen) atoms. The van der Waals surface area contributed by atoms with Crippen LogP contribution in [-0.4, -0.2) is 60.4 Å². The Bertz CT molecular complexity index is 279. The van der Waals surface area contributed by atoms with Gasteiger partial charge < -0.3 is 20.1 Å². The zero-order valence-corrected chi connectivity index (χ0v) is 11.1. The van der Waals surface area contributed by atoms with Gasteiger partial charge in [0, 0.05) is 12.6 Å². The highest BCUT2D eigenvalue weighted by Crippen LogP contribution is 2.17. The van der Waals surface area contributed by atoms with Crippen molar-refractivity contribution in [2.24, 2.45) is 0 Å². The highest BCUT2D eigenvalue weighted by molar-refractivity contribution is 5.78. The van der Waals surface area contributed by atoms with Crippen LogP contribution in [0, 0.1) is 0 Å². The first-order valence-electron chi connectivity index (χ1n) is 6.96. The second-order valence-corrected chi connectivity index (χ2v) is 5.40. The Kier molecular flexibility index (Phi) is 4.97. The lowest BCUT2D eigenvalue weighted by molar-refractivity contribution is -0.145. The van der Waals surface area contributed by atoms with Gasteiger partial charge in [0.2, 0.25) is 5.91 Å². The van der Waals surface area contributed by atoms with Gasteiger partial charge in [0.05, 0.1) is 31.9 Å². The molecule has 1 saturated heterocycles. The summed E-state index contributed by atoms with van der Waals surface area (Å²) in [5.74, 6) is 0.121. The molecule has 0 aromatic carbocycles. The van der Waals surface area contributed by atoms with Crippen molar-refractivity contribution in [2.45, 2.75) is 50.8 Å². The maximum atomic E-state index is 12.2. The normalized spacial score (nSPS) is 29.8. The van der Waals surface area contributed by atoms with Crippen molar-refractivity contribution in [1.29, 1.82) is 0 Å². The molecule has 1 aliphatic carbocycles. The van der Waals surface area contributed by atoms with Crippen molar-refractivity contribution >= 4 is 5.91 Å². The number of nitrogens with zero attached hydrogens (tertiary/aromatic N) is 1. The zero-order chi connectivity index (χ0) is 13.0. The van der Waals surface area contributed by atoms with E-state index in [0.717, 1.165) is 0 Å². The van der Waals surface area contributed by atoms with E-state index < -0.39 is 0 Å². The number of hydrogen-bond acceptors (Lipinski definition) is 4. The van der Waals surface area contributed by atoms with Gasteiger partial charge in [-0.1, -0.05) is 12.8 Å². The molecule has 0 radical (unpaired) electrons. The highest BCUT2D eigenvalue weighted by Gasteiger charge is 2.29. The van der Waals surface area contributed by atoms with Crippen LogP contribution in [0.1, 0.15) is 32.6 Å². The first-order chi connectivity index (χ1) is 8.70. The number of carbonyl (C=O) groups is 1. The Morgan fingerprint density at radius 3 is 2.83 bits per heavy atom. The molecule has 5 heteroatoms. The fourth-order valence-corrected chi connectivity index (χ4v) is 2.74. The predicted molar refractivity (Wildman–Crippen MR) is 68.3 cm³/mol. The minimum atomic E-state index is -0.225. The SMILES string of the molecule is CC1COC(CO)CN1C(=O)CNC1CCCC1. The number of morpholine rings is 1. The number of aliphatic hydroxyl groups excluding tert-OH is 1. The maximum Gasteiger partial charge on any atom is 0.236 e. The molecule has 0 spiro atoms. The number of aliphatic hydroxyl groups is 1. The lowest BCUT2D eigenvalue weighted by Crippen LogP contribution is -2.54. The van der Waals surface area contributed by atoms with Crippen LogP contribution in [-0.2, 0) is 9.53 Å². The van der Waals surface area contributed by atoms with Crippen LogP contribution < -0.4 is 5.32 Å². The fourth-order valence-electron chi connectivity index (χ4n) is 2.74. The summed E-state index contributed by atoms with van der Waals surface area (Å²) in [6, 6.07) is 0.615. The van der Waals surface area contributed by atoms with Crippen molar-refractivity contribution in [3.05, 3.63) is 0 Å². The van der Waals surface area contributed by atoms with E-state index in [2.05, 4.69) is 5.32 Å². The third kappa shape index (κ3) is 3.43. The van der Waals surface area contributed by atoms with Crippen LogP contribution in [0.2, 0.25) is 0 Å². The summed E-state index contributed by atoms with van der Waals surface area (Å²) in [5.41, 5.74) is 0. The predicted octanol–water partition coefficient (Wildman–Crippen LogP) is 0.127. The molecule has 1 aliphatic heterocycles. The van der Waals surface area contributed by atoms with Crippen molar-refractivity contribution in [3.63, 3.8) is 0 Å². The third-order valence-electron chi connectivity index (χ3n) is 3.93. The number of ether oxygens (including phenoxy) is 1. The monoisotopic (exact) mass is 256 g/mol. The van der Waals surface area contributed by atoms with E-state index in [1.165, 1.54) is 25.7 Å². The van der Waals surface area contributed by atoms with Crippen LogP contribution in [0.25, 0.3) is 0 Å². The summed E-state index contributed by atoms with van der Waals surface area (Å²) >= 11 is 0. The zero-order valence-electron chi connectivity index (χ0n) is 11.1. The summed E-state index contributed by atoms with van der Waals surface area (Å²) in [5, 5.41) is 12.4. The molecule has 2 rings (SSSR count). The lowest BCUT2D eigenvalue weighted by atomic mass is 10.2. The summed E-state index contributed by atoms with van der Waals surface area (Å²) in [7, 11) is 0. The molecule has 2 unspecified atom stereocenters. The smallest absolute Gasteiger partial charge is 0.236 e. The number of rotatable bonds is 4. The second-order valence-electron chi connectivity index (χ2n) is 5.40. The van der Waals surface area contributed by atoms with Crippen LogP contribution in [0.4, 0.5) is 0 Å². The number of carbonyl (C=O) groups excluding carboxylic acids is 1. The van der Waals surface area contributed by atoms with Gasteiger partial charge in [-0.15, -0.1) is 0 Å². The van der Waals surface area contributed by atoms with Gasteiger partial charge in [0.15, 0.2) is 0 Å². The molecule has 104 valence electrons. The van der Waals surface area contributed by atoms with Crippen LogP contribution in [0.5, 0.6) is 0 Å². The van der Waals surface area contributed by atoms with Gasteiger partial charge >= 0.3 is 0 Å². The van der Waals surface area contributed by atoms with Gasteiger partial charge in [-0.2, -0.15) is 0 Å². The summed E-state index contributed by atoms with van der Waals surface area (Å²) < 4.78 is 5.43. The van der Waals surface area contributed by atoms with E-state index in [9.17, 15) is 4.79 Å². The Labute approximate surface area is 108 Å². The second kappa shape index (κ2) is 6.50. The van der Waals surface area contributed by atoms with Gasteiger partial charge in [0.25, 0.3) is 0 Å². The molecule has 2 N–H and O–H groups in total. The first-order valence-corrected chi connectivity index (χ1v) is 6.96. The van der Waals surface area contributed by atoms with E-state index in [0.29, 0.717) is 25.7 Å². The lowest BCUT2D eigenvalue weighted by Gasteiger charge is -2.37. The molecule has 2 atom stereocenters. The number of hydrogen-bond donors (Lipinski definition) is 2. The van der Waals surface area contributed by atoms with Crippen molar-refractivity contribution in [3.8, 4) is 0 Å². The Morgan fingerprint density at radius 2 is 2.17 bits per heavy atom. The van der Waals surface area contributed by atoms with Crippen LogP contribution >= 0.6 is 0 Å². The maximum absolute atomic E-state index is 12.2. The quantitative estimate of drug-likeness (QED) is 0.750. The van der Waals surface area contributed by atoms with E-state index >= 15 is 0 Å². The molecule has 1 amide bonds. The van der Waals surface area contributed by atoms with Gasteiger partial charge in [-0.05, 0) is 19.8 Å². The molecule has 0 aromatic heterocycles. The number of amides is 1. The molecule has 1 saturated carbocycles. The Morgan fingerprint density at radius 1 is 1.44 bits per heavy atom. The topological polar surface area (TPSA) is 61.8 Å². The van der Waals surface area contributed by atoms with E-state index in [-0.39, 0.29) is 24.7 Å². The third-order valence-corrected chi connectivity index (χ3v) is 3.93. The molecular formula is C13H24N2O3. The Hall–Kier alpha value is -0.650. The minimum Gasteiger partial charge on any atom is -0.394 e. The van der Waals surface area contributed by atoms with Gasteiger partial charge in [0.1, 0.15) is 0 Å². The average Bonchev–Trinajstić information content (AvgIpc) is 2.89. The molecule has 0 aromatic rings. The van der Waals surface area contributed by atoms with Crippen molar-refractivity contribution < 1.29 is 14.6 Å². The molecule has 2 aliphatic rings. The van der Waals surface area contributed by atoms with Gasteiger partial charge in [-0.25, -0.2) is 0 Å². The molecule has 0 bridgehead atoms. The van der Waals surface area contributed by atoms with Gasteiger partial charge in [-0.3, -0.25) is 4.79 Å². The fraction of sp³-hybridized carbons (Fsp3) is 0.923. The van der Waals surface area contributed by atoms with Crippen LogP contribution in [0.3, 0.4) is 0 Å². The van der Waals surface area contributed by atoms with E-state index in [4.69, 9.17) is 9.84 Å². The molecule has 1 heterocycles. The number of nitrogens with one attached hydrogen (secondary N) is 1. The standard InChI is InChI=1S/C13H24N2O3/c1-10-9-18-12(8-16)7-15(10)13(17)6-14-11-4-2-3-5-11/h10-12,14,16H,2-9H2,1H3. The average molecular weight is 256 g/mol. The first kappa shape index (κ1) is 13.8. The van der Waals surface area contributed by atoms with Crippen molar-refractivity contribution in [2.75, 3.05) is 26.3 Å². The highest BCUT2D eigenvalue weighted by atomic mass is 16.5. The summed E-state index contributed by atoms with van der Waals surface area (Å²) in [4.78, 5) is 14.0. The van der Waals surface area contributed by atoms with Crippen LogP contribution in [0.15, 0.2) is 0 Å². The molecule has 2 fully saturated rings. The van der Waals surface area contributed by atoms with E-state index in [1.807, 2.05) is 11.8 Å².